The molecule has 0 radical (unpaired) electrons. The molecule has 0 spiro atoms. The molecule has 0 heterocycles. The van der Waals surface area contributed by atoms with Gasteiger partial charge < -0.3 is 19.9 Å². The third-order valence-electron chi connectivity index (χ3n) is 2.05. The highest BCUT2D eigenvalue weighted by atomic mass is 16.5. The highest BCUT2D eigenvalue weighted by molar-refractivity contribution is 6.58. The van der Waals surface area contributed by atoms with Gasteiger partial charge in [0.05, 0.1) is 16.8 Å². The quantitative estimate of drug-likeness (QED) is 0.597. The van der Waals surface area contributed by atoms with Crippen LogP contribution in [0.15, 0.2) is 18.2 Å². The average Bonchev–Trinajstić information content (AvgIpc) is 2.12. The van der Waals surface area contributed by atoms with Crippen LogP contribution in [0.1, 0.15) is 23.5 Å². The van der Waals surface area contributed by atoms with Gasteiger partial charge >= 0.3 is 7.12 Å². The van der Waals surface area contributed by atoms with Crippen molar-refractivity contribution in [2.75, 3.05) is 7.04 Å². The standard InChI is InChI=1S/C10H15BO4/c1-10(2,12)7-4-8(11(13)14)6-9(5-7)15-3/h4-6,12-14H,1-3H3/i3D3. The Kier molecular flexibility index (Phi) is 2.30. The Balaban J connectivity index is 3.23. The van der Waals surface area contributed by atoms with Crippen LogP contribution in [0.5, 0.6) is 5.75 Å². The van der Waals surface area contributed by atoms with Crippen molar-refractivity contribution in [3.8, 4) is 5.75 Å². The lowest BCUT2D eigenvalue weighted by Crippen LogP contribution is -2.31. The van der Waals surface area contributed by atoms with Crippen LogP contribution in [0, 0.1) is 0 Å². The Hall–Kier alpha value is -1.04. The summed E-state index contributed by atoms with van der Waals surface area (Å²) in [6.07, 6.45) is 0. The molecule has 0 aromatic heterocycles. The second-order valence-electron chi connectivity index (χ2n) is 3.83. The van der Waals surface area contributed by atoms with Crippen molar-refractivity contribution >= 4 is 12.6 Å². The topological polar surface area (TPSA) is 69.9 Å². The van der Waals surface area contributed by atoms with Crippen molar-refractivity contribution in [1.82, 2.24) is 0 Å². The molecule has 5 heteroatoms. The summed E-state index contributed by atoms with van der Waals surface area (Å²) in [5.41, 5.74) is -0.876. The third-order valence-corrected chi connectivity index (χ3v) is 2.05. The lowest BCUT2D eigenvalue weighted by atomic mass is 9.78. The smallest absolute Gasteiger partial charge is 0.488 e. The van der Waals surface area contributed by atoms with E-state index in [4.69, 9.17) is 18.9 Å². The molecular formula is C10H15BO4. The molecule has 1 rings (SSSR count). The Morgan fingerprint density at radius 3 is 2.47 bits per heavy atom. The molecule has 1 aromatic carbocycles. The Morgan fingerprint density at radius 1 is 1.33 bits per heavy atom. The van der Waals surface area contributed by atoms with E-state index in [1.807, 2.05) is 0 Å². The molecule has 0 saturated carbocycles. The Morgan fingerprint density at radius 2 is 2.00 bits per heavy atom. The molecule has 0 bridgehead atoms. The molecule has 0 aliphatic carbocycles. The number of hydrogen-bond donors (Lipinski definition) is 3. The molecule has 3 N–H and O–H groups in total. The summed E-state index contributed by atoms with van der Waals surface area (Å²) in [7, 11) is -4.41. The summed E-state index contributed by atoms with van der Waals surface area (Å²) < 4.78 is 25.7. The molecule has 15 heavy (non-hydrogen) atoms. The fraction of sp³-hybridized carbons (Fsp3) is 0.400. The van der Waals surface area contributed by atoms with Crippen LogP contribution in [0.25, 0.3) is 0 Å². The second kappa shape index (κ2) is 4.22. The molecule has 0 atom stereocenters. The molecule has 0 amide bonds. The summed E-state index contributed by atoms with van der Waals surface area (Å²) in [4.78, 5) is 0. The van der Waals surface area contributed by atoms with Gasteiger partial charge in [0.15, 0.2) is 0 Å². The van der Waals surface area contributed by atoms with Gasteiger partial charge in [0.1, 0.15) is 5.75 Å². The predicted octanol–water partition coefficient (Wildman–Crippen LogP) is -0.398. The SMILES string of the molecule is [2H]C([2H])([2H])Oc1cc(B(O)O)cc(C(C)(C)O)c1. The van der Waals surface area contributed by atoms with E-state index in [1.165, 1.54) is 32.0 Å². The first kappa shape index (κ1) is 8.16. The van der Waals surface area contributed by atoms with Gasteiger partial charge in [-0.05, 0) is 37.0 Å². The summed E-state index contributed by atoms with van der Waals surface area (Å²) in [5.74, 6) is -0.0577. The summed E-state index contributed by atoms with van der Waals surface area (Å²) >= 11 is 0. The van der Waals surface area contributed by atoms with Crippen LogP contribution >= 0.6 is 0 Å². The molecule has 82 valence electrons. The first-order valence-corrected chi connectivity index (χ1v) is 4.42. The van der Waals surface area contributed by atoms with Gasteiger partial charge in [-0.15, -0.1) is 0 Å². The van der Waals surface area contributed by atoms with E-state index in [1.54, 1.807) is 0 Å². The third kappa shape index (κ3) is 2.96. The molecule has 1 aromatic rings. The van der Waals surface area contributed by atoms with E-state index in [0.29, 0.717) is 5.56 Å². The van der Waals surface area contributed by atoms with Crippen molar-refractivity contribution in [2.24, 2.45) is 0 Å². The minimum atomic E-state index is -2.64. The van der Waals surface area contributed by atoms with E-state index in [2.05, 4.69) is 0 Å². The number of hydrogen-bond acceptors (Lipinski definition) is 4. The van der Waals surface area contributed by atoms with E-state index in [9.17, 15) is 5.11 Å². The summed E-state index contributed by atoms with van der Waals surface area (Å²) in [6, 6.07) is 3.92. The maximum atomic E-state index is 9.86. The number of rotatable bonds is 3. The first-order valence-electron chi connectivity index (χ1n) is 5.92. The zero-order chi connectivity index (χ0) is 14.1. The van der Waals surface area contributed by atoms with Crippen molar-refractivity contribution in [2.45, 2.75) is 19.4 Å². The van der Waals surface area contributed by atoms with Crippen LogP contribution in [0.3, 0.4) is 0 Å². The van der Waals surface area contributed by atoms with E-state index in [0.717, 1.165) is 0 Å². The van der Waals surface area contributed by atoms with Crippen LogP contribution in [-0.2, 0) is 5.60 Å². The molecule has 0 saturated heterocycles. The average molecular weight is 213 g/mol. The largest absolute Gasteiger partial charge is 0.497 e. The first-order chi connectivity index (χ1) is 7.99. The molecule has 0 aliphatic rings. The van der Waals surface area contributed by atoms with Crippen LogP contribution in [0.2, 0.25) is 0 Å². The molecule has 0 fully saturated rings. The zero-order valence-electron chi connectivity index (χ0n) is 11.6. The van der Waals surface area contributed by atoms with Gasteiger partial charge in [-0.2, -0.15) is 0 Å². The lowest BCUT2D eigenvalue weighted by Gasteiger charge is -2.19. The number of benzene rings is 1. The van der Waals surface area contributed by atoms with Gasteiger partial charge in [0, 0.05) is 0 Å². The van der Waals surface area contributed by atoms with Gasteiger partial charge in [-0.25, -0.2) is 0 Å². The van der Waals surface area contributed by atoms with Crippen molar-refractivity contribution < 1.29 is 24.0 Å². The minimum absolute atomic E-state index is 0.0499. The van der Waals surface area contributed by atoms with Crippen LogP contribution in [-0.4, -0.2) is 29.3 Å². The van der Waals surface area contributed by atoms with E-state index >= 15 is 0 Å². The van der Waals surface area contributed by atoms with Crippen LogP contribution < -0.4 is 10.2 Å². The monoisotopic (exact) mass is 213 g/mol. The molecule has 0 unspecified atom stereocenters. The maximum Gasteiger partial charge on any atom is 0.488 e. The van der Waals surface area contributed by atoms with Gasteiger partial charge in [-0.3, -0.25) is 0 Å². The second-order valence-corrected chi connectivity index (χ2v) is 3.83. The van der Waals surface area contributed by atoms with Gasteiger partial charge in [-0.1, -0.05) is 6.07 Å². The normalized spacial score (nSPS) is 15.1. The maximum absolute atomic E-state index is 9.86. The minimum Gasteiger partial charge on any atom is -0.497 e. The molecular weight excluding hydrogens is 195 g/mol. The fourth-order valence-corrected chi connectivity index (χ4v) is 1.18. The van der Waals surface area contributed by atoms with Crippen molar-refractivity contribution in [3.63, 3.8) is 0 Å². The number of ether oxygens (including phenoxy) is 1. The zero-order valence-corrected chi connectivity index (χ0v) is 8.56. The van der Waals surface area contributed by atoms with E-state index in [-0.39, 0.29) is 11.2 Å². The Labute approximate surface area is 93.5 Å². The van der Waals surface area contributed by atoms with Gasteiger partial charge in [0.25, 0.3) is 0 Å². The lowest BCUT2D eigenvalue weighted by molar-refractivity contribution is 0.0784. The predicted molar refractivity (Wildman–Crippen MR) is 58.1 cm³/mol. The van der Waals surface area contributed by atoms with Crippen molar-refractivity contribution in [1.29, 1.82) is 0 Å². The number of methoxy groups -OCH3 is 1. The van der Waals surface area contributed by atoms with Gasteiger partial charge in [0.2, 0.25) is 0 Å². The number of aliphatic hydroxyl groups is 1. The highest BCUT2D eigenvalue weighted by Gasteiger charge is 2.21. The molecule has 4 nitrogen and oxygen atoms in total. The fourth-order valence-electron chi connectivity index (χ4n) is 1.18. The molecule has 0 aliphatic heterocycles. The summed E-state index contributed by atoms with van der Waals surface area (Å²) in [5, 5.41) is 28.1. The highest BCUT2D eigenvalue weighted by Crippen LogP contribution is 2.22. The Bertz CT molecular complexity index is 426. The summed E-state index contributed by atoms with van der Waals surface area (Å²) in [6.45, 7) is 2.99. The van der Waals surface area contributed by atoms with E-state index < -0.39 is 19.8 Å². The van der Waals surface area contributed by atoms with Crippen molar-refractivity contribution in [3.05, 3.63) is 23.8 Å². The van der Waals surface area contributed by atoms with Crippen LogP contribution in [0.4, 0.5) is 0 Å².